The molecule has 0 aliphatic carbocycles. The second-order valence-corrected chi connectivity index (χ2v) is 8.86. The number of carbonyl (C=O) groups excluding carboxylic acids is 2. The first-order chi connectivity index (χ1) is 11.9. The molecule has 2 amide bonds. The van der Waals surface area contributed by atoms with E-state index in [0.29, 0.717) is 12.1 Å². The number of nitrogens with zero attached hydrogens (tertiary/aromatic N) is 1. The summed E-state index contributed by atoms with van der Waals surface area (Å²) in [7, 11) is -3.05. The number of amides is 2. The molecule has 2 heterocycles. The average molecular weight is 365 g/mol. The van der Waals surface area contributed by atoms with Gasteiger partial charge >= 0.3 is 0 Å². The Kier molecular flexibility index (Phi) is 5.27. The summed E-state index contributed by atoms with van der Waals surface area (Å²) in [4.78, 5) is 26.1. The van der Waals surface area contributed by atoms with Crippen LogP contribution >= 0.6 is 0 Å². The smallest absolute Gasteiger partial charge is 0.233 e. The topological polar surface area (TPSA) is 95.6 Å². The van der Waals surface area contributed by atoms with Crippen LogP contribution in [-0.2, 0) is 19.4 Å². The lowest BCUT2D eigenvalue weighted by Crippen LogP contribution is -2.37. The van der Waals surface area contributed by atoms with Gasteiger partial charge in [-0.2, -0.15) is 0 Å². The highest BCUT2D eigenvalue weighted by molar-refractivity contribution is 7.91. The van der Waals surface area contributed by atoms with Gasteiger partial charge in [0.15, 0.2) is 9.84 Å². The number of hydrogen-bond donors (Lipinski definition) is 2. The lowest BCUT2D eigenvalue weighted by Gasteiger charge is -2.17. The van der Waals surface area contributed by atoms with Gasteiger partial charge in [-0.05, 0) is 43.5 Å². The van der Waals surface area contributed by atoms with Gasteiger partial charge in [0, 0.05) is 30.5 Å². The van der Waals surface area contributed by atoms with Crippen molar-refractivity contribution in [2.75, 3.05) is 34.8 Å². The Morgan fingerprint density at radius 2 is 1.76 bits per heavy atom. The zero-order valence-electron chi connectivity index (χ0n) is 14.0. The van der Waals surface area contributed by atoms with Crippen molar-refractivity contribution in [3.8, 4) is 0 Å². The molecule has 2 aliphatic heterocycles. The summed E-state index contributed by atoms with van der Waals surface area (Å²) in [6, 6.07) is 7.19. The molecule has 0 bridgehead atoms. The van der Waals surface area contributed by atoms with E-state index < -0.39 is 21.7 Å². The third-order valence-electron chi connectivity index (χ3n) is 4.54. The van der Waals surface area contributed by atoms with E-state index in [-0.39, 0.29) is 24.0 Å². The molecule has 25 heavy (non-hydrogen) atoms. The molecule has 1 aromatic rings. The Hall–Kier alpha value is -2.09. The van der Waals surface area contributed by atoms with E-state index in [4.69, 9.17) is 0 Å². The SMILES string of the molecule is O=C(CC(=O)NC1CCS(=O)(=O)C1)Nc1ccc(N2CCCC2)cc1. The monoisotopic (exact) mass is 365 g/mol. The molecule has 7 nitrogen and oxygen atoms in total. The van der Waals surface area contributed by atoms with E-state index in [9.17, 15) is 18.0 Å². The predicted octanol–water partition coefficient (Wildman–Crippen LogP) is 0.919. The van der Waals surface area contributed by atoms with Crippen molar-refractivity contribution >= 4 is 33.0 Å². The van der Waals surface area contributed by atoms with E-state index in [1.54, 1.807) is 0 Å². The van der Waals surface area contributed by atoms with E-state index in [2.05, 4.69) is 15.5 Å². The number of rotatable bonds is 5. The number of sulfone groups is 1. The first kappa shape index (κ1) is 17.7. The molecule has 136 valence electrons. The zero-order chi connectivity index (χ0) is 17.9. The summed E-state index contributed by atoms with van der Waals surface area (Å²) in [6.45, 7) is 2.12. The van der Waals surface area contributed by atoms with Crippen molar-refractivity contribution in [1.82, 2.24) is 5.32 Å². The van der Waals surface area contributed by atoms with Crippen LogP contribution in [0.25, 0.3) is 0 Å². The van der Waals surface area contributed by atoms with Crippen LogP contribution in [0.3, 0.4) is 0 Å². The van der Waals surface area contributed by atoms with Gasteiger partial charge in [-0.15, -0.1) is 0 Å². The molecule has 1 aromatic carbocycles. The lowest BCUT2D eigenvalue weighted by molar-refractivity contribution is -0.127. The molecular weight excluding hydrogens is 342 g/mol. The third kappa shape index (κ3) is 4.94. The highest BCUT2D eigenvalue weighted by Gasteiger charge is 2.29. The highest BCUT2D eigenvalue weighted by atomic mass is 32.2. The molecule has 1 atom stereocenters. The van der Waals surface area contributed by atoms with Crippen LogP contribution in [0.5, 0.6) is 0 Å². The van der Waals surface area contributed by atoms with Crippen molar-refractivity contribution in [2.24, 2.45) is 0 Å². The van der Waals surface area contributed by atoms with Crippen molar-refractivity contribution in [2.45, 2.75) is 31.7 Å². The van der Waals surface area contributed by atoms with Crippen LogP contribution < -0.4 is 15.5 Å². The summed E-state index contributed by atoms with van der Waals surface area (Å²) in [5.41, 5.74) is 1.78. The molecule has 2 aliphatic rings. The van der Waals surface area contributed by atoms with E-state index in [0.717, 1.165) is 18.8 Å². The number of anilines is 2. The first-order valence-corrected chi connectivity index (χ1v) is 10.4. The third-order valence-corrected chi connectivity index (χ3v) is 6.31. The average Bonchev–Trinajstić information content (AvgIpc) is 3.17. The molecule has 2 saturated heterocycles. The Morgan fingerprint density at radius 1 is 1.08 bits per heavy atom. The van der Waals surface area contributed by atoms with Crippen molar-refractivity contribution in [3.63, 3.8) is 0 Å². The number of benzene rings is 1. The van der Waals surface area contributed by atoms with E-state index in [1.165, 1.54) is 12.8 Å². The minimum Gasteiger partial charge on any atom is -0.372 e. The standard InChI is InChI=1S/C17H23N3O4S/c21-16(11-17(22)19-14-7-10-25(23,24)12-14)18-13-3-5-15(6-4-13)20-8-1-2-9-20/h3-6,14H,1-2,7-12H2,(H,18,21)(H,19,22). The molecule has 3 rings (SSSR count). The second-order valence-electron chi connectivity index (χ2n) is 6.63. The van der Waals surface area contributed by atoms with E-state index >= 15 is 0 Å². The van der Waals surface area contributed by atoms with Crippen LogP contribution in [0.4, 0.5) is 11.4 Å². The van der Waals surface area contributed by atoms with Gasteiger partial charge in [0.25, 0.3) is 0 Å². The zero-order valence-corrected chi connectivity index (χ0v) is 14.8. The normalized spacial score (nSPS) is 21.9. The van der Waals surface area contributed by atoms with E-state index in [1.807, 2.05) is 24.3 Å². The first-order valence-electron chi connectivity index (χ1n) is 8.56. The molecule has 8 heteroatoms. The van der Waals surface area contributed by atoms with Crippen molar-refractivity contribution in [1.29, 1.82) is 0 Å². The predicted molar refractivity (Wildman–Crippen MR) is 96.3 cm³/mol. The summed E-state index contributed by atoms with van der Waals surface area (Å²) >= 11 is 0. The number of carbonyl (C=O) groups is 2. The Balaban J connectivity index is 1.46. The molecule has 2 fully saturated rings. The van der Waals surface area contributed by atoms with Gasteiger partial charge in [-0.3, -0.25) is 9.59 Å². The molecule has 0 saturated carbocycles. The summed E-state index contributed by atoms with van der Waals surface area (Å²) in [5.74, 6) is -0.813. The molecule has 2 N–H and O–H groups in total. The minimum absolute atomic E-state index is 0.0433. The minimum atomic E-state index is -3.05. The number of nitrogens with one attached hydrogen (secondary N) is 2. The second kappa shape index (κ2) is 7.43. The Bertz CT molecular complexity index is 740. The summed E-state index contributed by atoms with van der Waals surface area (Å²) in [5, 5.41) is 5.31. The van der Waals surface area contributed by atoms with Crippen LogP contribution in [0.1, 0.15) is 25.7 Å². The van der Waals surface area contributed by atoms with Gasteiger partial charge in [-0.1, -0.05) is 0 Å². The lowest BCUT2D eigenvalue weighted by atomic mass is 10.2. The van der Waals surface area contributed by atoms with Crippen LogP contribution in [0.2, 0.25) is 0 Å². The molecule has 0 aromatic heterocycles. The maximum Gasteiger partial charge on any atom is 0.233 e. The van der Waals surface area contributed by atoms with Gasteiger partial charge in [0.1, 0.15) is 6.42 Å². The van der Waals surface area contributed by atoms with Crippen LogP contribution in [0, 0.1) is 0 Å². The van der Waals surface area contributed by atoms with Crippen molar-refractivity contribution in [3.05, 3.63) is 24.3 Å². The Morgan fingerprint density at radius 3 is 2.36 bits per heavy atom. The summed E-state index contributed by atoms with van der Waals surface area (Å²) in [6.07, 6.45) is 2.50. The maximum absolute atomic E-state index is 12.0. The fourth-order valence-electron chi connectivity index (χ4n) is 3.27. The van der Waals surface area contributed by atoms with Crippen LogP contribution in [0.15, 0.2) is 24.3 Å². The fraction of sp³-hybridized carbons (Fsp3) is 0.529. The quantitative estimate of drug-likeness (QED) is 0.757. The fourth-order valence-corrected chi connectivity index (χ4v) is 4.94. The van der Waals surface area contributed by atoms with Gasteiger partial charge in [0.05, 0.1) is 11.5 Å². The Labute approximate surface area is 147 Å². The molecule has 0 spiro atoms. The van der Waals surface area contributed by atoms with Crippen LogP contribution in [-0.4, -0.2) is 50.9 Å². The van der Waals surface area contributed by atoms with Gasteiger partial charge in [-0.25, -0.2) is 8.42 Å². The number of hydrogen-bond acceptors (Lipinski definition) is 5. The molecule has 1 unspecified atom stereocenters. The van der Waals surface area contributed by atoms with Crippen molar-refractivity contribution < 1.29 is 18.0 Å². The highest BCUT2D eigenvalue weighted by Crippen LogP contribution is 2.22. The molecular formula is C17H23N3O4S. The molecule has 0 radical (unpaired) electrons. The summed E-state index contributed by atoms with van der Waals surface area (Å²) < 4.78 is 22.7. The van der Waals surface area contributed by atoms with Gasteiger partial charge in [0.2, 0.25) is 11.8 Å². The largest absolute Gasteiger partial charge is 0.372 e. The maximum atomic E-state index is 12.0. The van der Waals surface area contributed by atoms with Gasteiger partial charge < -0.3 is 15.5 Å².